The highest BCUT2D eigenvalue weighted by Gasteiger charge is 2.15. The Bertz CT molecular complexity index is 705. The molecule has 0 aliphatic heterocycles. The van der Waals surface area contributed by atoms with E-state index >= 15 is 0 Å². The second kappa shape index (κ2) is 6.38. The van der Waals surface area contributed by atoms with Crippen molar-refractivity contribution in [1.82, 2.24) is 10.5 Å². The van der Waals surface area contributed by atoms with Crippen molar-refractivity contribution in [2.24, 2.45) is 0 Å². The van der Waals surface area contributed by atoms with Crippen molar-refractivity contribution in [3.63, 3.8) is 0 Å². The second-order valence-electron chi connectivity index (χ2n) is 4.83. The van der Waals surface area contributed by atoms with Crippen LogP contribution in [0.5, 0.6) is 0 Å². The Morgan fingerprint density at radius 1 is 1.32 bits per heavy atom. The third kappa shape index (κ3) is 3.49. The van der Waals surface area contributed by atoms with E-state index in [1.165, 1.54) is 12.1 Å². The van der Waals surface area contributed by atoms with Crippen LogP contribution < -0.4 is 5.32 Å². The van der Waals surface area contributed by atoms with Gasteiger partial charge < -0.3 is 14.9 Å². The van der Waals surface area contributed by atoms with Gasteiger partial charge in [-0.05, 0) is 37.6 Å². The summed E-state index contributed by atoms with van der Waals surface area (Å²) < 4.78 is 18.8. The summed E-state index contributed by atoms with van der Waals surface area (Å²) in [6.45, 7) is 3.40. The van der Waals surface area contributed by atoms with Gasteiger partial charge in [0, 0.05) is 17.7 Å². The number of aromatic nitrogens is 1. The van der Waals surface area contributed by atoms with Gasteiger partial charge >= 0.3 is 5.97 Å². The minimum Gasteiger partial charge on any atom is -0.481 e. The molecule has 0 saturated carbocycles. The molecule has 0 atom stereocenters. The van der Waals surface area contributed by atoms with Crippen molar-refractivity contribution in [3.05, 3.63) is 41.0 Å². The van der Waals surface area contributed by atoms with Crippen LogP contribution in [-0.2, 0) is 4.79 Å². The molecule has 2 N–H and O–H groups in total. The molecule has 7 heteroatoms. The van der Waals surface area contributed by atoms with Gasteiger partial charge in [0.25, 0.3) is 5.91 Å². The number of nitrogens with zero attached hydrogens (tertiary/aromatic N) is 1. The number of carbonyl (C=O) groups is 2. The number of aliphatic carboxylic acids is 1. The van der Waals surface area contributed by atoms with Crippen LogP contribution in [0.15, 0.2) is 22.7 Å². The lowest BCUT2D eigenvalue weighted by molar-refractivity contribution is -0.136. The maximum atomic E-state index is 13.8. The molecular weight excluding hydrogens is 291 g/mol. The number of amides is 1. The van der Waals surface area contributed by atoms with Crippen molar-refractivity contribution < 1.29 is 23.6 Å². The Hall–Kier alpha value is -2.70. The number of halogens is 1. The summed E-state index contributed by atoms with van der Waals surface area (Å²) in [5.74, 6) is -1.59. The zero-order valence-electron chi connectivity index (χ0n) is 12.1. The highest BCUT2D eigenvalue weighted by molar-refractivity contribution is 5.95. The minimum absolute atomic E-state index is 0.0225. The van der Waals surface area contributed by atoms with Crippen LogP contribution in [0, 0.1) is 19.7 Å². The van der Waals surface area contributed by atoms with E-state index in [1.54, 1.807) is 13.8 Å². The van der Waals surface area contributed by atoms with E-state index in [1.807, 2.05) is 0 Å². The average molecular weight is 306 g/mol. The molecule has 0 unspecified atom stereocenters. The van der Waals surface area contributed by atoms with Gasteiger partial charge in [-0.1, -0.05) is 5.16 Å². The Morgan fingerprint density at radius 2 is 2.05 bits per heavy atom. The number of aryl methyl sites for hydroxylation is 2. The number of hydrogen-bond donors (Lipinski definition) is 2. The molecule has 1 aromatic carbocycles. The van der Waals surface area contributed by atoms with Gasteiger partial charge in [-0.15, -0.1) is 0 Å². The normalized spacial score (nSPS) is 10.5. The molecule has 22 heavy (non-hydrogen) atoms. The first kappa shape index (κ1) is 15.7. The van der Waals surface area contributed by atoms with Crippen molar-refractivity contribution in [3.8, 4) is 11.1 Å². The molecule has 1 amide bonds. The number of rotatable bonds is 5. The van der Waals surface area contributed by atoms with E-state index in [-0.39, 0.29) is 18.5 Å². The van der Waals surface area contributed by atoms with Gasteiger partial charge in [0.2, 0.25) is 0 Å². The number of carbonyl (C=O) groups excluding carboxylic acids is 1. The summed E-state index contributed by atoms with van der Waals surface area (Å²) >= 11 is 0. The van der Waals surface area contributed by atoms with Crippen molar-refractivity contribution >= 4 is 11.9 Å². The monoisotopic (exact) mass is 306 g/mol. The second-order valence-corrected chi connectivity index (χ2v) is 4.83. The average Bonchev–Trinajstić information content (AvgIpc) is 2.77. The lowest BCUT2D eigenvalue weighted by Crippen LogP contribution is -2.26. The predicted molar refractivity (Wildman–Crippen MR) is 76.0 cm³/mol. The van der Waals surface area contributed by atoms with Gasteiger partial charge in [0.05, 0.1) is 12.1 Å². The molecule has 0 aliphatic carbocycles. The highest BCUT2D eigenvalue weighted by Crippen LogP contribution is 2.28. The van der Waals surface area contributed by atoms with Crippen molar-refractivity contribution in [2.75, 3.05) is 6.54 Å². The van der Waals surface area contributed by atoms with Crippen LogP contribution in [0.2, 0.25) is 0 Å². The fourth-order valence-corrected chi connectivity index (χ4v) is 2.15. The van der Waals surface area contributed by atoms with Crippen LogP contribution in [-0.4, -0.2) is 28.7 Å². The van der Waals surface area contributed by atoms with Gasteiger partial charge in [-0.2, -0.15) is 0 Å². The standard InChI is InChI=1S/C15H15FN2O4/c1-8-14(9(2)22-18-8)10-5-11(7-12(16)6-10)15(21)17-4-3-13(19)20/h5-7H,3-4H2,1-2H3,(H,17,21)(H,19,20). The largest absolute Gasteiger partial charge is 0.481 e. The number of benzene rings is 1. The van der Waals surface area contributed by atoms with Crippen LogP contribution >= 0.6 is 0 Å². The van der Waals surface area contributed by atoms with E-state index in [9.17, 15) is 14.0 Å². The molecular formula is C15H15FN2O4. The number of carboxylic acids is 1. The fourth-order valence-electron chi connectivity index (χ4n) is 2.15. The molecule has 1 heterocycles. The Balaban J connectivity index is 2.27. The fraction of sp³-hybridized carbons (Fsp3) is 0.267. The number of hydrogen-bond acceptors (Lipinski definition) is 4. The number of carboxylic acid groups (broad SMARTS) is 1. The van der Waals surface area contributed by atoms with Gasteiger partial charge in [0.15, 0.2) is 0 Å². The first-order chi connectivity index (χ1) is 10.4. The molecule has 0 radical (unpaired) electrons. The summed E-state index contributed by atoms with van der Waals surface area (Å²) in [6.07, 6.45) is -0.197. The highest BCUT2D eigenvalue weighted by atomic mass is 19.1. The summed E-state index contributed by atoms with van der Waals surface area (Å²) in [7, 11) is 0. The zero-order chi connectivity index (χ0) is 16.3. The van der Waals surface area contributed by atoms with Gasteiger partial charge in [0.1, 0.15) is 11.6 Å². The van der Waals surface area contributed by atoms with E-state index in [2.05, 4.69) is 10.5 Å². The lowest BCUT2D eigenvalue weighted by atomic mass is 10.0. The molecule has 0 saturated heterocycles. The maximum Gasteiger partial charge on any atom is 0.305 e. The maximum absolute atomic E-state index is 13.8. The molecule has 0 spiro atoms. The molecule has 2 rings (SSSR count). The van der Waals surface area contributed by atoms with E-state index in [0.717, 1.165) is 6.07 Å². The quantitative estimate of drug-likeness (QED) is 0.884. The smallest absolute Gasteiger partial charge is 0.305 e. The van der Waals surface area contributed by atoms with Crippen molar-refractivity contribution in [1.29, 1.82) is 0 Å². The molecule has 1 aromatic heterocycles. The predicted octanol–water partition coefficient (Wildman–Crippen LogP) is 2.30. The Morgan fingerprint density at radius 3 is 2.64 bits per heavy atom. The van der Waals surface area contributed by atoms with Gasteiger partial charge in [-0.25, -0.2) is 4.39 Å². The summed E-state index contributed by atoms with van der Waals surface area (Å²) in [5, 5.41) is 14.8. The molecule has 0 fully saturated rings. The number of nitrogens with one attached hydrogen (secondary N) is 1. The zero-order valence-corrected chi connectivity index (χ0v) is 12.1. The van der Waals surface area contributed by atoms with Gasteiger partial charge in [-0.3, -0.25) is 9.59 Å². The molecule has 0 aliphatic rings. The summed E-state index contributed by atoms with van der Waals surface area (Å²) in [6, 6.07) is 3.91. The first-order valence-corrected chi connectivity index (χ1v) is 6.62. The molecule has 0 bridgehead atoms. The van der Waals surface area contributed by atoms with Crippen LogP contribution in [0.3, 0.4) is 0 Å². The SMILES string of the molecule is Cc1noc(C)c1-c1cc(F)cc(C(=O)NCCC(=O)O)c1. The Kier molecular flexibility index (Phi) is 4.55. The third-order valence-electron chi connectivity index (χ3n) is 3.11. The first-order valence-electron chi connectivity index (χ1n) is 6.62. The van der Waals surface area contributed by atoms with E-state index in [0.29, 0.717) is 22.6 Å². The van der Waals surface area contributed by atoms with Crippen molar-refractivity contribution in [2.45, 2.75) is 20.3 Å². The minimum atomic E-state index is -1.02. The van der Waals surface area contributed by atoms with E-state index in [4.69, 9.17) is 9.63 Å². The molecule has 6 nitrogen and oxygen atoms in total. The topological polar surface area (TPSA) is 92.4 Å². The lowest BCUT2D eigenvalue weighted by Gasteiger charge is -2.07. The summed E-state index contributed by atoms with van der Waals surface area (Å²) in [4.78, 5) is 22.4. The van der Waals surface area contributed by atoms with Crippen LogP contribution in [0.4, 0.5) is 4.39 Å². The van der Waals surface area contributed by atoms with E-state index < -0.39 is 17.7 Å². The Labute approximate surface area is 125 Å². The third-order valence-corrected chi connectivity index (χ3v) is 3.11. The molecule has 116 valence electrons. The summed E-state index contributed by atoms with van der Waals surface area (Å²) in [5.41, 5.74) is 1.83. The van der Waals surface area contributed by atoms with Crippen LogP contribution in [0.1, 0.15) is 28.2 Å². The molecule has 2 aromatic rings. The van der Waals surface area contributed by atoms with Crippen LogP contribution in [0.25, 0.3) is 11.1 Å².